The van der Waals surface area contributed by atoms with Crippen LogP contribution in [0.3, 0.4) is 0 Å². The molecule has 0 saturated heterocycles. The van der Waals surface area contributed by atoms with Crippen molar-refractivity contribution in [1.82, 2.24) is 0 Å². The second-order valence-electron chi connectivity index (χ2n) is 4.33. The third kappa shape index (κ3) is 2.43. The maximum Gasteiger partial charge on any atom is 0.0577 e. The maximum atomic E-state index is 6.41. The van der Waals surface area contributed by atoms with E-state index in [1.54, 1.807) is 11.3 Å². The summed E-state index contributed by atoms with van der Waals surface area (Å²) in [5.74, 6) is 0. The first-order valence-electron chi connectivity index (χ1n) is 5.83. The van der Waals surface area contributed by atoms with Gasteiger partial charge in [-0.25, -0.2) is 0 Å². The quantitative estimate of drug-likeness (QED) is 0.659. The van der Waals surface area contributed by atoms with Gasteiger partial charge in [0.25, 0.3) is 0 Å². The van der Waals surface area contributed by atoms with Gasteiger partial charge >= 0.3 is 0 Å². The van der Waals surface area contributed by atoms with Crippen molar-refractivity contribution in [3.8, 4) is 0 Å². The third-order valence-corrected chi connectivity index (χ3v) is 5.08. The van der Waals surface area contributed by atoms with E-state index in [0.717, 1.165) is 15.6 Å². The normalized spacial score (nSPS) is 12.8. The second kappa shape index (κ2) is 5.25. The predicted octanol–water partition coefficient (Wildman–Crippen LogP) is 5.37. The molecule has 0 aliphatic carbocycles. The van der Waals surface area contributed by atoms with Crippen LogP contribution in [0, 0.1) is 0 Å². The second-order valence-corrected chi connectivity index (χ2v) is 6.53. The lowest BCUT2D eigenvalue weighted by molar-refractivity contribution is 0.879. The smallest absolute Gasteiger partial charge is 0.0577 e. The fourth-order valence-electron chi connectivity index (χ4n) is 2.16. The average molecular weight is 353 g/mol. The standard InChI is InChI=1S/C15H11BrClNS/c16-13-6-5-9(17)7-11(13)15(18)12-8-19-14-4-2-1-3-10(12)14/h1-8,15H,18H2. The first-order chi connectivity index (χ1) is 9.16. The molecule has 19 heavy (non-hydrogen) atoms. The van der Waals surface area contributed by atoms with E-state index in [2.05, 4.69) is 33.4 Å². The number of rotatable bonds is 2. The number of hydrogen-bond acceptors (Lipinski definition) is 2. The first kappa shape index (κ1) is 13.1. The van der Waals surface area contributed by atoms with Gasteiger partial charge in [0.15, 0.2) is 0 Å². The minimum atomic E-state index is -0.177. The van der Waals surface area contributed by atoms with Crippen LogP contribution in [0.2, 0.25) is 5.02 Å². The van der Waals surface area contributed by atoms with Crippen LogP contribution >= 0.6 is 38.9 Å². The topological polar surface area (TPSA) is 26.0 Å². The lowest BCUT2D eigenvalue weighted by Crippen LogP contribution is -2.11. The SMILES string of the molecule is NC(c1cc(Cl)ccc1Br)c1csc2ccccc12. The van der Waals surface area contributed by atoms with Crippen molar-refractivity contribution in [2.45, 2.75) is 6.04 Å². The summed E-state index contributed by atoms with van der Waals surface area (Å²) >= 11 is 11.3. The molecule has 96 valence electrons. The van der Waals surface area contributed by atoms with E-state index in [1.807, 2.05) is 30.3 Å². The van der Waals surface area contributed by atoms with Crippen LogP contribution < -0.4 is 5.73 Å². The molecule has 0 bridgehead atoms. The summed E-state index contributed by atoms with van der Waals surface area (Å²) in [6.07, 6.45) is 0. The van der Waals surface area contributed by atoms with Crippen LogP contribution in [0.15, 0.2) is 52.3 Å². The fourth-order valence-corrected chi connectivity index (χ4v) is 3.83. The molecule has 4 heteroatoms. The summed E-state index contributed by atoms with van der Waals surface area (Å²) in [5.41, 5.74) is 8.57. The molecule has 1 atom stereocenters. The van der Waals surface area contributed by atoms with Crippen molar-refractivity contribution in [3.05, 3.63) is 68.5 Å². The van der Waals surface area contributed by atoms with Crippen molar-refractivity contribution in [3.63, 3.8) is 0 Å². The van der Waals surface area contributed by atoms with Gasteiger partial charge in [0, 0.05) is 14.2 Å². The summed E-state index contributed by atoms with van der Waals surface area (Å²) in [6.45, 7) is 0. The summed E-state index contributed by atoms with van der Waals surface area (Å²) in [4.78, 5) is 0. The minimum absolute atomic E-state index is 0.177. The number of benzene rings is 2. The zero-order valence-corrected chi connectivity index (χ0v) is 13.1. The molecule has 1 nitrogen and oxygen atoms in total. The van der Waals surface area contributed by atoms with Gasteiger partial charge in [-0.1, -0.05) is 45.7 Å². The highest BCUT2D eigenvalue weighted by atomic mass is 79.9. The molecule has 2 N–H and O–H groups in total. The Hall–Kier alpha value is -0.870. The molecule has 0 aliphatic rings. The van der Waals surface area contributed by atoms with Gasteiger partial charge in [-0.3, -0.25) is 0 Å². The van der Waals surface area contributed by atoms with Crippen LogP contribution in [0.4, 0.5) is 0 Å². The molecule has 0 amide bonds. The average Bonchev–Trinajstić information content (AvgIpc) is 2.84. The van der Waals surface area contributed by atoms with Crippen molar-refractivity contribution in [2.24, 2.45) is 5.73 Å². The fraction of sp³-hybridized carbons (Fsp3) is 0.0667. The molecular formula is C15H11BrClNS. The Morgan fingerprint density at radius 2 is 1.89 bits per heavy atom. The van der Waals surface area contributed by atoms with E-state index in [4.69, 9.17) is 17.3 Å². The molecule has 0 radical (unpaired) electrons. The molecule has 2 aromatic carbocycles. The van der Waals surface area contributed by atoms with E-state index in [9.17, 15) is 0 Å². The van der Waals surface area contributed by atoms with E-state index in [1.165, 1.54) is 10.1 Å². The highest BCUT2D eigenvalue weighted by Gasteiger charge is 2.16. The number of halogens is 2. The molecule has 0 saturated carbocycles. The zero-order chi connectivity index (χ0) is 13.4. The van der Waals surface area contributed by atoms with E-state index in [0.29, 0.717) is 5.02 Å². The van der Waals surface area contributed by atoms with Gasteiger partial charge in [0.05, 0.1) is 6.04 Å². The minimum Gasteiger partial charge on any atom is -0.320 e. The largest absolute Gasteiger partial charge is 0.320 e. The van der Waals surface area contributed by atoms with Gasteiger partial charge in [0.1, 0.15) is 0 Å². The number of hydrogen-bond donors (Lipinski definition) is 1. The molecule has 0 spiro atoms. The third-order valence-electron chi connectivity index (χ3n) is 3.14. The lowest BCUT2D eigenvalue weighted by atomic mass is 9.99. The van der Waals surface area contributed by atoms with Crippen molar-refractivity contribution in [2.75, 3.05) is 0 Å². The van der Waals surface area contributed by atoms with Crippen LogP contribution in [0.25, 0.3) is 10.1 Å². The molecule has 3 rings (SSSR count). The molecule has 1 aromatic heterocycles. The van der Waals surface area contributed by atoms with E-state index < -0.39 is 0 Å². The van der Waals surface area contributed by atoms with Gasteiger partial charge in [-0.2, -0.15) is 0 Å². The number of fused-ring (bicyclic) bond motifs is 1. The van der Waals surface area contributed by atoms with Crippen molar-refractivity contribution < 1.29 is 0 Å². The van der Waals surface area contributed by atoms with Gasteiger partial charge < -0.3 is 5.73 Å². The van der Waals surface area contributed by atoms with Crippen LogP contribution in [0.1, 0.15) is 17.2 Å². The van der Waals surface area contributed by atoms with Crippen LogP contribution in [-0.2, 0) is 0 Å². The monoisotopic (exact) mass is 351 g/mol. The Morgan fingerprint density at radius 1 is 1.11 bits per heavy atom. The molecule has 1 unspecified atom stereocenters. The maximum absolute atomic E-state index is 6.41. The zero-order valence-electron chi connectivity index (χ0n) is 9.94. The van der Waals surface area contributed by atoms with E-state index >= 15 is 0 Å². The molecule has 1 heterocycles. The van der Waals surface area contributed by atoms with Crippen LogP contribution in [0.5, 0.6) is 0 Å². The Morgan fingerprint density at radius 3 is 2.74 bits per heavy atom. The van der Waals surface area contributed by atoms with Gasteiger partial charge in [-0.15, -0.1) is 11.3 Å². The molecule has 3 aromatic rings. The summed E-state index contributed by atoms with van der Waals surface area (Å²) < 4.78 is 2.24. The predicted molar refractivity (Wildman–Crippen MR) is 87.0 cm³/mol. The molecule has 0 fully saturated rings. The Labute approximate surface area is 129 Å². The summed E-state index contributed by atoms with van der Waals surface area (Å²) in [5, 5.41) is 4.04. The Kier molecular flexibility index (Phi) is 3.63. The van der Waals surface area contributed by atoms with Gasteiger partial charge in [-0.05, 0) is 46.2 Å². The van der Waals surface area contributed by atoms with E-state index in [-0.39, 0.29) is 6.04 Å². The van der Waals surface area contributed by atoms with Crippen LogP contribution in [-0.4, -0.2) is 0 Å². The highest BCUT2D eigenvalue weighted by Crippen LogP contribution is 2.35. The Balaban J connectivity index is 2.13. The summed E-state index contributed by atoms with van der Waals surface area (Å²) in [7, 11) is 0. The molecule has 0 aliphatic heterocycles. The summed E-state index contributed by atoms with van der Waals surface area (Å²) in [6, 6.07) is 13.8. The molecular weight excluding hydrogens is 342 g/mol. The Bertz CT molecular complexity index is 738. The van der Waals surface area contributed by atoms with Gasteiger partial charge in [0.2, 0.25) is 0 Å². The van der Waals surface area contributed by atoms with Crippen molar-refractivity contribution >= 4 is 49.0 Å². The lowest BCUT2D eigenvalue weighted by Gasteiger charge is -2.14. The highest BCUT2D eigenvalue weighted by molar-refractivity contribution is 9.10. The first-order valence-corrected chi connectivity index (χ1v) is 7.88. The number of nitrogens with two attached hydrogens (primary N) is 1. The number of thiophene rings is 1. The van der Waals surface area contributed by atoms with Crippen molar-refractivity contribution in [1.29, 1.82) is 0 Å².